The van der Waals surface area contributed by atoms with Gasteiger partial charge >= 0.3 is 10.3 Å². The molecule has 0 aliphatic rings. The van der Waals surface area contributed by atoms with Crippen molar-refractivity contribution in [2.45, 2.75) is 0 Å². The second-order valence-corrected chi connectivity index (χ2v) is 1.54. The Bertz CT molecular complexity index is 94.9. The molecule has 0 aromatic rings. The summed E-state index contributed by atoms with van der Waals surface area (Å²) in [4.78, 5) is 0. The largest absolute Gasteiger partial charge is 0.400 e. The molecule has 0 amide bonds. The molecule has 0 radical (unpaired) electrons. The van der Waals surface area contributed by atoms with E-state index in [2.05, 4.69) is 5.14 Å². The van der Waals surface area contributed by atoms with Crippen LogP contribution < -0.4 is 5.14 Å². The minimum atomic E-state index is -4.17. The first-order valence-electron chi connectivity index (χ1n) is 1.20. The van der Waals surface area contributed by atoms with Gasteiger partial charge in [0.2, 0.25) is 0 Å². The molecule has 5 nitrogen and oxygen atoms in total. The fourth-order valence-corrected chi connectivity index (χ4v) is 0. The van der Waals surface area contributed by atoms with Crippen LogP contribution in [0.4, 0.5) is 0 Å². The lowest BCUT2D eigenvalue weighted by Crippen LogP contribution is -2.08. The minimum Gasteiger partial charge on any atom is -0.400 e. The van der Waals surface area contributed by atoms with Crippen LogP contribution in [0.2, 0.25) is 0 Å². The smallest absolute Gasteiger partial charge is 0.330 e. The molecule has 0 aliphatic heterocycles. The van der Waals surface area contributed by atoms with E-state index in [1.165, 1.54) is 0 Å². The van der Waals surface area contributed by atoms with Crippen LogP contribution in [0.5, 0.6) is 0 Å². The number of nitrogens with two attached hydrogens (primary N) is 1. The van der Waals surface area contributed by atoms with Crippen LogP contribution >= 0.6 is 0 Å². The topological polar surface area (TPSA) is 101 Å². The number of aliphatic hydroxyl groups is 1. The zero-order valence-electron chi connectivity index (χ0n) is 3.70. The van der Waals surface area contributed by atoms with Crippen LogP contribution in [0.3, 0.4) is 0 Å². The van der Waals surface area contributed by atoms with E-state index in [0.29, 0.717) is 0 Å². The van der Waals surface area contributed by atoms with E-state index in [1.807, 2.05) is 0 Å². The third kappa shape index (κ3) is 2960. The Labute approximate surface area is 41.6 Å². The predicted molar refractivity (Wildman–Crippen MR) is 23.9 cm³/mol. The molecule has 0 unspecified atom stereocenters. The highest BCUT2D eigenvalue weighted by atomic mass is 32.2. The molecule has 0 rings (SSSR count). The first kappa shape index (κ1) is 9.95. The maximum Gasteiger partial charge on any atom is 0.330 e. The van der Waals surface area contributed by atoms with Crippen molar-refractivity contribution in [1.29, 1.82) is 0 Å². The van der Waals surface area contributed by atoms with Crippen LogP contribution in [0.25, 0.3) is 0 Å². The van der Waals surface area contributed by atoms with Crippen molar-refractivity contribution in [3.63, 3.8) is 0 Å². The molecular formula is CH7NO4S. The summed E-state index contributed by atoms with van der Waals surface area (Å²) in [7, 11) is -3.17. The average Bonchev–Trinajstić information content (AvgIpc) is 1.36. The highest BCUT2D eigenvalue weighted by Gasteiger charge is 1.81. The van der Waals surface area contributed by atoms with Gasteiger partial charge in [0.1, 0.15) is 0 Å². The van der Waals surface area contributed by atoms with Crippen molar-refractivity contribution in [2.24, 2.45) is 5.14 Å². The van der Waals surface area contributed by atoms with Crippen molar-refractivity contribution in [3.8, 4) is 0 Å². The minimum absolute atomic E-state index is 1.00. The van der Waals surface area contributed by atoms with Gasteiger partial charge in [0, 0.05) is 7.11 Å². The highest BCUT2D eigenvalue weighted by Crippen LogP contribution is 1.50. The molecule has 0 saturated heterocycles. The molecule has 0 fully saturated rings. The van der Waals surface area contributed by atoms with Gasteiger partial charge in [-0.05, 0) is 0 Å². The summed E-state index contributed by atoms with van der Waals surface area (Å²) in [6.07, 6.45) is 0. The Kier molecular flexibility index (Phi) is 5.69. The van der Waals surface area contributed by atoms with E-state index in [-0.39, 0.29) is 0 Å². The molecule has 0 spiro atoms. The molecule has 0 bridgehead atoms. The van der Waals surface area contributed by atoms with Crippen LogP contribution in [0.15, 0.2) is 0 Å². The summed E-state index contributed by atoms with van der Waals surface area (Å²) >= 11 is 0. The molecule has 4 N–H and O–H groups in total. The molecule has 0 aromatic heterocycles. The van der Waals surface area contributed by atoms with E-state index in [9.17, 15) is 0 Å². The first-order chi connectivity index (χ1) is 3.00. The van der Waals surface area contributed by atoms with E-state index in [0.717, 1.165) is 7.11 Å². The molecule has 7 heavy (non-hydrogen) atoms. The standard InChI is InChI=1S/CH4O.H3NO3S/c1-2;1-5(2,3)4/h2H,1H3;(H3,1,2,3,4). The lowest BCUT2D eigenvalue weighted by molar-refractivity contribution is 0.399. The molecule has 0 heterocycles. The fraction of sp³-hybridized carbons (Fsp3) is 1.00. The number of aliphatic hydroxyl groups excluding tert-OH is 1. The summed E-state index contributed by atoms with van der Waals surface area (Å²) in [5, 5.41) is 10.9. The Hall–Kier alpha value is -0.170. The van der Waals surface area contributed by atoms with Crippen LogP contribution in [0, 0.1) is 0 Å². The van der Waals surface area contributed by atoms with Crippen molar-refractivity contribution in [2.75, 3.05) is 7.11 Å². The zero-order valence-corrected chi connectivity index (χ0v) is 4.51. The maximum atomic E-state index is 8.97. The normalized spacial score (nSPS) is 9.14. The Morgan fingerprint density at radius 1 is 1.43 bits per heavy atom. The van der Waals surface area contributed by atoms with Gasteiger partial charge in [-0.2, -0.15) is 8.42 Å². The summed E-state index contributed by atoms with van der Waals surface area (Å²) in [6, 6.07) is 0. The van der Waals surface area contributed by atoms with Gasteiger partial charge in [0.05, 0.1) is 0 Å². The van der Waals surface area contributed by atoms with Gasteiger partial charge in [-0.1, -0.05) is 0 Å². The second-order valence-electron chi connectivity index (χ2n) is 0.515. The monoisotopic (exact) mass is 129 g/mol. The average molecular weight is 129 g/mol. The molecule has 0 atom stereocenters. The fourth-order valence-electron chi connectivity index (χ4n) is 0. The Balaban J connectivity index is 0. The number of hydrogen-bond donors (Lipinski definition) is 3. The molecule has 0 aromatic carbocycles. The molecular weight excluding hydrogens is 122 g/mol. The highest BCUT2D eigenvalue weighted by molar-refractivity contribution is 7.83. The molecule has 0 saturated carbocycles. The summed E-state index contributed by atoms with van der Waals surface area (Å²) in [5.41, 5.74) is 0. The van der Waals surface area contributed by atoms with Crippen molar-refractivity contribution >= 4 is 10.3 Å². The quantitative estimate of drug-likeness (QED) is 0.341. The van der Waals surface area contributed by atoms with Gasteiger partial charge in [-0.15, -0.1) is 0 Å². The van der Waals surface area contributed by atoms with Crippen LogP contribution in [-0.2, 0) is 10.3 Å². The Morgan fingerprint density at radius 3 is 1.43 bits per heavy atom. The van der Waals surface area contributed by atoms with Gasteiger partial charge in [0.25, 0.3) is 0 Å². The third-order valence-electron chi connectivity index (χ3n) is 0. The summed E-state index contributed by atoms with van der Waals surface area (Å²) < 4.78 is 25.2. The van der Waals surface area contributed by atoms with Gasteiger partial charge < -0.3 is 5.11 Å². The van der Waals surface area contributed by atoms with Crippen molar-refractivity contribution < 1.29 is 18.1 Å². The zero-order chi connectivity index (χ0) is 6.50. The molecule has 0 aliphatic carbocycles. The Morgan fingerprint density at radius 2 is 1.43 bits per heavy atom. The molecule has 46 valence electrons. The lowest BCUT2D eigenvalue weighted by atomic mass is 11.8. The third-order valence-corrected chi connectivity index (χ3v) is 0. The maximum absolute atomic E-state index is 8.97. The van der Waals surface area contributed by atoms with E-state index in [4.69, 9.17) is 18.1 Å². The van der Waals surface area contributed by atoms with E-state index in [1.54, 1.807) is 0 Å². The van der Waals surface area contributed by atoms with Crippen LogP contribution in [-0.4, -0.2) is 25.2 Å². The molecule has 6 heteroatoms. The SMILES string of the molecule is CO.NS(=O)(=O)O. The predicted octanol–water partition coefficient (Wildman–Crippen LogP) is -1.64. The lowest BCUT2D eigenvalue weighted by Gasteiger charge is -1.70. The van der Waals surface area contributed by atoms with E-state index >= 15 is 0 Å². The first-order valence-corrected chi connectivity index (χ1v) is 2.70. The van der Waals surface area contributed by atoms with Gasteiger partial charge in [-0.3, -0.25) is 4.55 Å². The van der Waals surface area contributed by atoms with Crippen LogP contribution in [0.1, 0.15) is 0 Å². The van der Waals surface area contributed by atoms with Gasteiger partial charge in [-0.25, -0.2) is 5.14 Å². The summed E-state index contributed by atoms with van der Waals surface area (Å²) in [5.74, 6) is 0. The number of rotatable bonds is 0. The second kappa shape index (κ2) is 4.00. The number of hydrogen-bond acceptors (Lipinski definition) is 3. The van der Waals surface area contributed by atoms with Gasteiger partial charge in [0.15, 0.2) is 0 Å². The van der Waals surface area contributed by atoms with E-state index < -0.39 is 10.3 Å². The van der Waals surface area contributed by atoms with Crippen molar-refractivity contribution in [3.05, 3.63) is 0 Å². The van der Waals surface area contributed by atoms with Crippen molar-refractivity contribution in [1.82, 2.24) is 0 Å². The summed E-state index contributed by atoms with van der Waals surface area (Å²) in [6.45, 7) is 0.